The predicted molar refractivity (Wildman–Crippen MR) is 72.8 cm³/mol. The Labute approximate surface area is 108 Å². The summed E-state index contributed by atoms with van der Waals surface area (Å²) < 4.78 is 4.38. The van der Waals surface area contributed by atoms with Crippen LogP contribution >= 0.6 is 11.5 Å². The number of rotatable bonds is 5. The van der Waals surface area contributed by atoms with Gasteiger partial charge in [0.15, 0.2) is 0 Å². The molecule has 4 nitrogen and oxygen atoms in total. The van der Waals surface area contributed by atoms with E-state index in [2.05, 4.69) is 40.3 Å². The van der Waals surface area contributed by atoms with Crippen LogP contribution in [0.25, 0.3) is 0 Å². The molecule has 0 aliphatic carbocycles. The molecular weight excluding hydrogens is 232 g/mol. The summed E-state index contributed by atoms with van der Waals surface area (Å²) >= 11 is 1.55. The summed E-state index contributed by atoms with van der Waals surface area (Å²) in [6.07, 6.45) is 3.46. The van der Waals surface area contributed by atoms with E-state index in [0.717, 1.165) is 30.5 Å². The normalized spacial score (nSPS) is 20.5. The summed E-state index contributed by atoms with van der Waals surface area (Å²) in [5.74, 6) is 0.979. The molecule has 1 fully saturated rings. The predicted octanol–water partition coefficient (Wildman–Crippen LogP) is 2.07. The molecule has 2 rings (SSSR count). The maximum absolute atomic E-state index is 4.59. The molecule has 96 valence electrons. The van der Waals surface area contributed by atoms with Crippen LogP contribution in [0, 0.1) is 0 Å². The number of nitrogens with zero attached hydrogens (tertiary/aromatic N) is 3. The van der Waals surface area contributed by atoms with Gasteiger partial charge in [-0.15, -0.1) is 0 Å². The summed E-state index contributed by atoms with van der Waals surface area (Å²) in [5, 5.41) is 4.63. The minimum atomic E-state index is 0.554. The molecule has 1 aliphatic heterocycles. The fourth-order valence-corrected chi connectivity index (χ4v) is 3.02. The van der Waals surface area contributed by atoms with Crippen LogP contribution in [0.1, 0.15) is 39.4 Å². The highest BCUT2D eigenvalue weighted by Crippen LogP contribution is 2.26. The van der Waals surface area contributed by atoms with Gasteiger partial charge in [-0.3, -0.25) is 0 Å². The Morgan fingerprint density at radius 3 is 3.00 bits per heavy atom. The van der Waals surface area contributed by atoms with Crippen molar-refractivity contribution in [1.82, 2.24) is 14.7 Å². The third kappa shape index (κ3) is 3.16. The van der Waals surface area contributed by atoms with Crippen molar-refractivity contribution >= 4 is 16.7 Å². The maximum Gasteiger partial charge on any atom is 0.205 e. The molecule has 2 heterocycles. The van der Waals surface area contributed by atoms with Gasteiger partial charge in [-0.2, -0.15) is 4.37 Å². The van der Waals surface area contributed by atoms with Gasteiger partial charge >= 0.3 is 0 Å². The Morgan fingerprint density at radius 2 is 2.35 bits per heavy atom. The van der Waals surface area contributed by atoms with E-state index in [9.17, 15) is 0 Å². The molecule has 0 amide bonds. The Bertz CT molecular complexity index is 350. The van der Waals surface area contributed by atoms with Crippen LogP contribution in [0.5, 0.6) is 0 Å². The molecule has 1 unspecified atom stereocenters. The maximum atomic E-state index is 4.59. The minimum Gasteiger partial charge on any atom is -0.343 e. The zero-order valence-electron chi connectivity index (χ0n) is 10.9. The zero-order chi connectivity index (χ0) is 12.3. The lowest BCUT2D eigenvalue weighted by Crippen LogP contribution is -2.40. The van der Waals surface area contributed by atoms with E-state index in [1.165, 1.54) is 12.8 Å². The molecule has 1 aromatic heterocycles. The molecule has 17 heavy (non-hydrogen) atoms. The van der Waals surface area contributed by atoms with Gasteiger partial charge in [-0.25, -0.2) is 4.98 Å². The van der Waals surface area contributed by atoms with E-state index < -0.39 is 0 Å². The smallest absolute Gasteiger partial charge is 0.205 e. The van der Waals surface area contributed by atoms with Crippen LogP contribution in [0.2, 0.25) is 0 Å². The van der Waals surface area contributed by atoms with Crippen LogP contribution < -0.4 is 10.2 Å². The second-order valence-electron chi connectivity index (χ2n) is 4.90. The highest BCUT2D eigenvalue weighted by Gasteiger charge is 2.26. The van der Waals surface area contributed by atoms with E-state index in [-0.39, 0.29) is 0 Å². The fraction of sp³-hybridized carbons (Fsp3) is 0.833. The molecule has 5 heteroatoms. The van der Waals surface area contributed by atoms with Crippen molar-refractivity contribution < 1.29 is 0 Å². The molecule has 0 saturated carbocycles. The summed E-state index contributed by atoms with van der Waals surface area (Å²) in [7, 11) is 0. The fourth-order valence-electron chi connectivity index (χ4n) is 2.18. The number of nitrogens with one attached hydrogen (secondary N) is 1. The van der Waals surface area contributed by atoms with Gasteiger partial charge in [0, 0.05) is 43.1 Å². The molecule has 1 aliphatic rings. The lowest BCUT2D eigenvalue weighted by atomic mass is 10.2. The Hall–Kier alpha value is -0.680. The van der Waals surface area contributed by atoms with Crippen LogP contribution in [0.3, 0.4) is 0 Å². The molecule has 0 spiro atoms. The molecule has 0 bridgehead atoms. The third-order valence-corrected chi connectivity index (χ3v) is 3.95. The third-order valence-electron chi connectivity index (χ3n) is 3.16. The zero-order valence-corrected chi connectivity index (χ0v) is 11.8. The highest BCUT2D eigenvalue weighted by molar-refractivity contribution is 7.09. The molecule has 1 N–H and O–H groups in total. The lowest BCUT2D eigenvalue weighted by molar-refractivity contribution is 0.523. The number of aryl methyl sites for hydroxylation is 1. The number of anilines is 1. The van der Waals surface area contributed by atoms with E-state index in [1.807, 2.05) is 0 Å². The van der Waals surface area contributed by atoms with Gasteiger partial charge in [-0.1, -0.05) is 20.8 Å². The summed E-state index contributed by atoms with van der Waals surface area (Å²) in [6, 6.07) is 1.15. The first kappa shape index (κ1) is 12.8. The lowest BCUT2D eigenvalue weighted by Gasteiger charge is -2.24. The second-order valence-corrected chi connectivity index (χ2v) is 5.63. The molecule has 0 aromatic carbocycles. The molecule has 1 atom stereocenters. The van der Waals surface area contributed by atoms with Gasteiger partial charge in [0.25, 0.3) is 0 Å². The van der Waals surface area contributed by atoms with Gasteiger partial charge in [0.05, 0.1) is 0 Å². The first-order valence-electron chi connectivity index (χ1n) is 6.53. The van der Waals surface area contributed by atoms with Crippen molar-refractivity contribution in [3.05, 3.63) is 5.82 Å². The van der Waals surface area contributed by atoms with E-state index >= 15 is 0 Å². The second kappa shape index (κ2) is 5.78. The monoisotopic (exact) mass is 254 g/mol. The van der Waals surface area contributed by atoms with Crippen LogP contribution in [0.4, 0.5) is 5.13 Å². The first-order valence-corrected chi connectivity index (χ1v) is 7.30. The van der Waals surface area contributed by atoms with Gasteiger partial charge in [-0.05, 0) is 12.8 Å². The Kier molecular flexibility index (Phi) is 4.34. The number of hydrogen-bond donors (Lipinski definition) is 1. The Morgan fingerprint density at radius 1 is 1.53 bits per heavy atom. The SMILES string of the molecule is CCc1nsc(N2CCCC2CNC(C)C)n1. The van der Waals surface area contributed by atoms with Gasteiger partial charge in [0.2, 0.25) is 5.13 Å². The molecule has 0 radical (unpaired) electrons. The number of hydrogen-bond acceptors (Lipinski definition) is 5. The van der Waals surface area contributed by atoms with E-state index in [0.29, 0.717) is 12.1 Å². The number of aromatic nitrogens is 2. The van der Waals surface area contributed by atoms with E-state index in [4.69, 9.17) is 0 Å². The van der Waals surface area contributed by atoms with Crippen LogP contribution in [0.15, 0.2) is 0 Å². The quantitative estimate of drug-likeness (QED) is 0.873. The van der Waals surface area contributed by atoms with Crippen LogP contribution in [-0.4, -0.2) is 34.5 Å². The van der Waals surface area contributed by atoms with Crippen LogP contribution in [-0.2, 0) is 6.42 Å². The molecule has 1 saturated heterocycles. The van der Waals surface area contributed by atoms with Gasteiger partial charge < -0.3 is 10.2 Å². The van der Waals surface area contributed by atoms with Crippen molar-refractivity contribution in [2.24, 2.45) is 0 Å². The standard InChI is InChI=1S/C12H22N4S/c1-4-11-14-12(17-15-11)16-7-5-6-10(16)8-13-9(2)3/h9-10,13H,4-8H2,1-3H3. The summed E-state index contributed by atoms with van der Waals surface area (Å²) in [5.41, 5.74) is 0. The summed E-state index contributed by atoms with van der Waals surface area (Å²) in [6.45, 7) is 8.67. The van der Waals surface area contributed by atoms with Crippen molar-refractivity contribution in [3.8, 4) is 0 Å². The highest BCUT2D eigenvalue weighted by atomic mass is 32.1. The van der Waals surface area contributed by atoms with Crippen molar-refractivity contribution in [2.45, 2.75) is 52.1 Å². The topological polar surface area (TPSA) is 41.1 Å². The van der Waals surface area contributed by atoms with Gasteiger partial charge in [0.1, 0.15) is 5.82 Å². The molecular formula is C12H22N4S. The Balaban J connectivity index is 1.98. The van der Waals surface area contributed by atoms with E-state index in [1.54, 1.807) is 11.5 Å². The first-order chi connectivity index (χ1) is 8.20. The van der Waals surface area contributed by atoms with Crippen molar-refractivity contribution in [2.75, 3.05) is 18.0 Å². The van der Waals surface area contributed by atoms with Crippen molar-refractivity contribution in [1.29, 1.82) is 0 Å². The summed E-state index contributed by atoms with van der Waals surface area (Å²) in [4.78, 5) is 7.02. The van der Waals surface area contributed by atoms with Crippen molar-refractivity contribution in [3.63, 3.8) is 0 Å². The average molecular weight is 254 g/mol. The largest absolute Gasteiger partial charge is 0.343 e. The minimum absolute atomic E-state index is 0.554. The molecule has 1 aromatic rings. The average Bonchev–Trinajstić information content (AvgIpc) is 2.94.